The van der Waals surface area contributed by atoms with Gasteiger partial charge in [-0.15, -0.1) is 0 Å². The lowest BCUT2D eigenvalue weighted by molar-refractivity contribution is -0.0109. The Labute approximate surface area is 139 Å². The Balaban J connectivity index is 1.83. The molecule has 0 bridgehead atoms. The lowest BCUT2D eigenvalue weighted by Gasteiger charge is -2.23. The monoisotopic (exact) mass is 340 g/mol. The van der Waals surface area contributed by atoms with Gasteiger partial charge in [0.1, 0.15) is 12.4 Å². The van der Waals surface area contributed by atoms with Crippen molar-refractivity contribution in [1.29, 1.82) is 0 Å². The van der Waals surface area contributed by atoms with Crippen LogP contribution in [0.15, 0.2) is 24.3 Å². The normalized spacial score (nSPS) is 18.9. The van der Waals surface area contributed by atoms with E-state index in [1.54, 1.807) is 12.3 Å². The summed E-state index contributed by atoms with van der Waals surface area (Å²) in [4.78, 5) is 11.9. The van der Waals surface area contributed by atoms with Gasteiger partial charge in [0.2, 0.25) is 0 Å². The molecule has 1 saturated heterocycles. The van der Waals surface area contributed by atoms with Crippen LogP contribution in [0.3, 0.4) is 0 Å². The third-order valence-electron chi connectivity index (χ3n) is 3.51. The Hall–Kier alpha value is -1.60. The van der Waals surface area contributed by atoms with Gasteiger partial charge in [-0.1, -0.05) is 12.1 Å². The van der Waals surface area contributed by atoms with Crippen molar-refractivity contribution in [2.24, 2.45) is 0 Å². The molecule has 1 aromatic rings. The Morgan fingerprint density at radius 2 is 2.22 bits per heavy atom. The summed E-state index contributed by atoms with van der Waals surface area (Å²) < 4.78 is 22.4. The number of urea groups is 1. The average molecular weight is 340 g/mol. The maximum Gasteiger partial charge on any atom is 0.319 e. The summed E-state index contributed by atoms with van der Waals surface area (Å²) in [5.41, 5.74) is 0.610. The van der Waals surface area contributed by atoms with E-state index in [-0.39, 0.29) is 12.1 Å². The van der Waals surface area contributed by atoms with E-state index in [2.05, 4.69) is 10.6 Å². The lowest BCUT2D eigenvalue weighted by atomic mass is 10.1. The average Bonchev–Trinajstić information content (AvgIpc) is 2.54. The zero-order valence-electron chi connectivity index (χ0n) is 13.4. The lowest BCUT2D eigenvalue weighted by Crippen LogP contribution is -2.32. The molecule has 128 valence electrons. The highest BCUT2D eigenvalue weighted by molar-refractivity contribution is 7.84. The third-order valence-corrected chi connectivity index (χ3v) is 4.29. The van der Waals surface area contributed by atoms with Gasteiger partial charge in [0, 0.05) is 36.0 Å². The minimum absolute atomic E-state index is 0.116. The van der Waals surface area contributed by atoms with Crippen LogP contribution in [-0.4, -0.2) is 48.1 Å². The first-order valence-corrected chi connectivity index (χ1v) is 9.56. The molecule has 1 aliphatic heterocycles. The summed E-state index contributed by atoms with van der Waals surface area (Å²) in [7, 11) is -0.920. The predicted molar refractivity (Wildman–Crippen MR) is 91.5 cm³/mol. The van der Waals surface area contributed by atoms with Gasteiger partial charge < -0.3 is 20.1 Å². The number of nitrogens with one attached hydrogen (secondary N) is 2. The van der Waals surface area contributed by atoms with Gasteiger partial charge in [-0.3, -0.25) is 4.21 Å². The van der Waals surface area contributed by atoms with Gasteiger partial charge in [0.25, 0.3) is 0 Å². The zero-order chi connectivity index (χ0) is 16.5. The number of hydrogen-bond acceptors (Lipinski definition) is 4. The number of ether oxygens (including phenoxy) is 2. The largest absolute Gasteiger partial charge is 0.489 e. The van der Waals surface area contributed by atoms with Crippen molar-refractivity contribution >= 4 is 22.5 Å². The summed E-state index contributed by atoms with van der Waals surface area (Å²) in [6.45, 7) is 1.64. The van der Waals surface area contributed by atoms with Crippen LogP contribution in [0.25, 0.3) is 0 Å². The molecule has 0 radical (unpaired) electrons. The molecule has 23 heavy (non-hydrogen) atoms. The molecular weight excluding hydrogens is 316 g/mol. The number of carbonyl (C=O) groups excluding carboxylic acids is 1. The van der Waals surface area contributed by atoms with Crippen molar-refractivity contribution in [3.63, 3.8) is 0 Å². The highest BCUT2D eigenvalue weighted by atomic mass is 32.2. The van der Waals surface area contributed by atoms with E-state index in [1.165, 1.54) is 0 Å². The van der Waals surface area contributed by atoms with Crippen molar-refractivity contribution < 1.29 is 18.5 Å². The first-order valence-electron chi connectivity index (χ1n) is 7.83. The van der Waals surface area contributed by atoms with Gasteiger partial charge >= 0.3 is 6.03 Å². The van der Waals surface area contributed by atoms with E-state index < -0.39 is 10.8 Å². The van der Waals surface area contributed by atoms with E-state index in [0.29, 0.717) is 30.3 Å². The third kappa shape index (κ3) is 6.58. The van der Waals surface area contributed by atoms with Crippen LogP contribution >= 0.6 is 0 Å². The van der Waals surface area contributed by atoms with Crippen LogP contribution in [0.5, 0.6) is 5.75 Å². The number of anilines is 1. The smallest absolute Gasteiger partial charge is 0.319 e. The molecule has 2 amide bonds. The van der Waals surface area contributed by atoms with Gasteiger partial charge in [0.15, 0.2) is 0 Å². The zero-order valence-corrected chi connectivity index (χ0v) is 14.2. The van der Waals surface area contributed by atoms with Crippen molar-refractivity contribution in [1.82, 2.24) is 5.32 Å². The van der Waals surface area contributed by atoms with Gasteiger partial charge in [-0.25, -0.2) is 4.79 Å². The van der Waals surface area contributed by atoms with Crippen molar-refractivity contribution in [2.45, 2.75) is 25.4 Å². The number of rotatable bonds is 7. The predicted octanol–water partition coefficient (Wildman–Crippen LogP) is 2.13. The van der Waals surface area contributed by atoms with E-state index in [1.807, 2.05) is 18.2 Å². The van der Waals surface area contributed by atoms with Crippen LogP contribution in [0, 0.1) is 0 Å². The molecule has 2 atom stereocenters. The molecule has 1 fully saturated rings. The quantitative estimate of drug-likeness (QED) is 0.797. The Morgan fingerprint density at radius 3 is 2.96 bits per heavy atom. The number of hydrogen-bond donors (Lipinski definition) is 2. The van der Waals surface area contributed by atoms with E-state index in [0.717, 1.165) is 25.9 Å². The van der Waals surface area contributed by atoms with Crippen molar-refractivity contribution in [3.05, 3.63) is 24.3 Å². The summed E-state index contributed by atoms with van der Waals surface area (Å²) in [5.74, 6) is 1.06. The molecule has 0 spiro atoms. The first kappa shape index (κ1) is 17.7. The Kier molecular flexibility index (Phi) is 7.35. The SMILES string of the molecule is C[S@@](=O)CCNC(=O)Nc1ccccc1OC[C@@H]1CCCCO1. The Bertz CT molecular complexity index is 533. The maximum absolute atomic E-state index is 11.9. The molecule has 1 aliphatic rings. The summed E-state index contributed by atoms with van der Waals surface area (Å²) in [6.07, 6.45) is 5.00. The molecule has 2 rings (SSSR count). The molecule has 0 saturated carbocycles. The van der Waals surface area contributed by atoms with E-state index >= 15 is 0 Å². The number of carbonyl (C=O) groups is 1. The molecular formula is C16H24N2O4S. The summed E-state index contributed by atoms with van der Waals surface area (Å²) in [5, 5.41) is 5.43. The molecule has 1 heterocycles. The molecule has 1 aromatic carbocycles. The summed E-state index contributed by atoms with van der Waals surface area (Å²) in [6, 6.07) is 6.97. The highest BCUT2D eigenvalue weighted by Gasteiger charge is 2.15. The second-order valence-electron chi connectivity index (χ2n) is 5.45. The number of amides is 2. The fourth-order valence-electron chi connectivity index (χ4n) is 2.29. The van der Waals surface area contributed by atoms with Crippen molar-refractivity contribution in [2.75, 3.05) is 37.1 Å². The van der Waals surface area contributed by atoms with Gasteiger partial charge in [0.05, 0.1) is 11.8 Å². The Morgan fingerprint density at radius 1 is 1.39 bits per heavy atom. The molecule has 0 aromatic heterocycles. The van der Waals surface area contributed by atoms with Gasteiger partial charge in [-0.2, -0.15) is 0 Å². The minimum Gasteiger partial charge on any atom is -0.489 e. The van der Waals surface area contributed by atoms with Crippen LogP contribution in [0.1, 0.15) is 19.3 Å². The molecule has 6 nitrogen and oxygen atoms in total. The first-order chi connectivity index (χ1) is 11.1. The highest BCUT2D eigenvalue weighted by Crippen LogP contribution is 2.24. The molecule has 0 aliphatic carbocycles. The standard InChI is InChI=1S/C16H24N2O4S/c1-23(20)11-9-17-16(19)18-14-7-2-3-8-15(14)22-12-13-6-4-5-10-21-13/h2-3,7-8,13H,4-6,9-12H2,1H3,(H2,17,18,19)/t13-,23+/m0/s1. The second-order valence-corrected chi connectivity index (χ2v) is 7.01. The van der Waals surface area contributed by atoms with Crippen molar-refractivity contribution in [3.8, 4) is 5.75 Å². The molecule has 2 N–H and O–H groups in total. The second kappa shape index (κ2) is 9.52. The van der Waals surface area contributed by atoms with Gasteiger partial charge in [-0.05, 0) is 31.4 Å². The molecule has 0 unspecified atom stereocenters. The summed E-state index contributed by atoms with van der Waals surface area (Å²) >= 11 is 0. The van der Waals surface area contributed by atoms with Crippen LogP contribution in [0.4, 0.5) is 10.5 Å². The van der Waals surface area contributed by atoms with E-state index in [4.69, 9.17) is 9.47 Å². The molecule has 7 heteroatoms. The fourth-order valence-corrected chi connectivity index (χ4v) is 2.68. The van der Waals surface area contributed by atoms with E-state index in [9.17, 15) is 9.00 Å². The van der Waals surface area contributed by atoms with Crippen LogP contribution in [0.2, 0.25) is 0 Å². The number of benzene rings is 1. The fraction of sp³-hybridized carbons (Fsp3) is 0.562. The topological polar surface area (TPSA) is 76.7 Å². The maximum atomic E-state index is 11.9. The van der Waals surface area contributed by atoms with Crippen LogP contribution in [-0.2, 0) is 15.5 Å². The number of para-hydroxylation sites is 2. The van der Waals surface area contributed by atoms with Crippen LogP contribution < -0.4 is 15.4 Å². The minimum atomic E-state index is -0.920.